The van der Waals surface area contributed by atoms with Crippen molar-refractivity contribution in [3.8, 4) is 0 Å². The van der Waals surface area contributed by atoms with Crippen LogP contribution in [0.5, 0.6) is 0 Å². The summed E-state index contributed by atoms with van der Waals surface area (Å²) in [6, 6.07) is 7.23. The number of benzene rings is 1. The van der Waals surface area contributed by atoms with Crippen molar-refractivity contribution in [2.45, 2.75) is 6.42 Å². The van der Waals surface area contributed by atoms with E-state index in [4.69, 9.17) is 5.11 Å². The van der Waals surface area contributed by atoms with E-state index in [1.165, 1.54) is 6.42 Å². The molecule has 78 valence electrons. The topological polar surface area (TPSA) is 40.5 Å². The van der Waals surface area contributed by atoms with Crippen LogP contribution in [0.4, 0.5) is 5.69 Å². The molecule has 1 heterocycles. The molecule has 3 nitrogen and oxygen atoms in total. The van der Waals surface area contributed by atoms with E-state index in [1.807, 2.05) is 12.1 Å². The average Bonchev–Trinajstić information content (AvgIpc) is 2.86. The fourth-order valence-corrected chi connectivity index (χ4v) is 2.44. The first-order valence-corrected chi connectivity index (χ1v) is 5.32. The highest BCUT2D eigenvalue weighted by Gasteiger charge is 2.45. The summed E-state index contributed by atoms with van der Waals surface area (Å²) in [5, 5.41) is 8.89. The second-order valence-corrected chi connectivity index (χ2v) is 4.52. The van der Waals surface area contributed by atoms with E-state index in [1.54, 1.807) is 12.1 Å². The lowest BCUT2D eigenvalue weighted by molar-refractivity contribution is 0.0697. The summed E-state index contributed by atoms with van der Waals surface area (Å²) < 4.78 is 0. The summed E-state index contributed by atoms with van der Waals surface area (Å²) >= 11 is 0. The van der Waals surface area contributed by atoms with Gasteiger partial charge in [0.25, 0.3) is 0 Å². The highest BCUT2D eigenvalue weighted by molar-refractivity contribution is 5.88. The predicted molar refractivity (Wildman–Crippen MR) is 57.2 cm³/mol. The molecule has 0 spiro atoms. The van der Waals surface area contributed by atoms with Crippen LogP contribution in [-0.2, 0) is 0 Å². The molecule has 15 heavy (non-hydrogen) atoms. The number of hydrogen-bond donors (Lipinski definition) is 1. The Hall–Kier alpha value is -1.51. The molecule has 1 saturated heterocycles. The first-order chi connectivity index (χ1) is 7.24. The summed E-state index contributed by atoms with van der Waals surface area (Å²) in [5.41, 5.74) is 1.44. The van der Waals surface area contributed by atoms with Gasteiger partial charge >= 0.3 is 5.97 Å². The molecule has 0 bridgehead atoms. The third-order valence-electron chi connectivity index (χ3n) is 3.44. The Morgan fingerprint density at radius 2 is 2.07 bits per heavy atom. The average molecular weight is 203 g/mol. The van der Waals surface area contributed by atoms with E-state index in [-0.39, 0.29) is 0 Å². The molecule has 3 heteroatoms. The molecule has 0 radical (unpaired) electrons. The molecule has 1 aromatic carbocycles. The SMILES string of the molecule is O=C(O)c1cccc(N2CC3CC3C2)c1. The lowest BCUT2D eigenvalue weighted by atomic mass is 10.2. The first kappa shape index (κ1) is 8.77. The zero-order valence-electron chi connectivity index (χ0n) is 8.39. The van der Waals surface area contributed by atoms with Crippen molar-refractivity contribution in [2.24, 2.45) is 11.8 Å². The van der Waals surface area contributed by atoms with Gasteiger partial charge < -0.3 is 10.0 Å². The summed E-state index contributed by atoms with van der Waals surface area (Å²) in [5.74, 6) is 0.901. The van der Waals surface area contributed by atoms with Gasteiger partial charge in [-0.15, -0.1) is 0 Å². The molecule has 2 atom stereocenters. The third kappa shape index (κ3) is 1.48. The maximum Gasteiger partial charge on any atom is 0.335 e. The zero-order valence-corrected chi connectivity index (χ0v) is 8.39. The van der Waals surface area contributed by atoms with E-state index in [9.17, 15) is 4.79 Å². The second-order valence-electron chi connectivity index (χ2n) is 4.52. The molecule has 0 amide bonds. The zero-order chi connectivity index (χ0) is 10.4. The molecule has 2 fully saturated rings. The summed E-state index contributed by atoms with van der Waals surface area (Å²) in [6.07, 6.45) is 1.37. The van der Waals surface area contributed by atoms with E-state index in [2.05, 4.69) is 4.90 Å². The highest BCUT2D eigenvalue weighted by Crippen LogP contribution is 2.46. The maximum absolute atomic E-state index is 10.8. The number of nitrogens with zero attached hydrogens (tertiary/aromatic N) is 1. The minimum Gasteiger partial charge on any atom is -0.478 e. The van der Waals surface area contributed by atoms with Crippen molar-refractivity contribution in [3.63, 3.8) is 0 Å². The molecule has 2 aliphatic rings. The number of fused-ring (bicyclic) bond motifs is 1. The Morgan fingerprint density at radius 3 is 2.73 bits per heavy atom. The fraction of sp³-hybridized carbons (Fsp3) is 0.417. The molecular weight excluding hydrogens is 190 g/mol. The van der Waals surface area contributed by atoms with Crippen molar-refractivity contribution in [1.29, 1.82) is 0 Å². The Kier molecular flexibility index (Phi) is 1.75. The molecule has 0 aromatic heterocycles. The van der Waals surface area contributed by atoms with E-state index in [0.717, 1.165) is 30.6 Å². The maximum atomic E-state index is 10.8. The van der Waals surface area contributed by atoms with Crippen LogP contribution in [0.3, 0.4) is 0 Å². The molecule has 3 rings (SSSR count). The lowest BCUT2D eigenvalue weighted by Gasteiger charge is -2.20. The van der Waals surface area contributed by atoms with Crippen LogP contribution in [0.15, 0.2) is 24.3 Å². The van der Waals surface area contributed by atoms with E-state index < -0.39 is 5.97 Å². The number of anilines is 1. The van der Waals surface area contributed by atoms with Gasteiger partial charge in [-0.1, -0.05) is 6.07 Å². The van der Waals surface area contributed by atoms with E-state index >= 15 is 0 Å². The summed E-state index contributed by atoms with van der Waals surface area (Å²) in [7, 11) is 0. The predicted octanol–water partition coefficient (Wildman–Crippen LogP) is 1.84. The van der Waals surface area contributed by atoms with Crippen LogP contribution in [0, 0.1) is 11.8 Å². The smallest absolute Gasteiger partial charge is 0.335 e. The Balaban J connectivity index is 1.85. The summed E-state index contributed by atoms with van der Waals surface area (Å²) in [6.45, 7) is 2.21. The fourth-order valence-electron chi connectivity index (χ4n) is 2.44. The minimum absolute atomic E-state index is 0.382. The molecule has 1 N–H and O–H groups in total. The van der Waals surface area contributed by atoms with Gasteiger partial charge in [0, 0.05) is 18.8 Å². The van der Waals surface area contributed by atoms with Gasteiger partial charge in [0.15, 0.2) is 0 Å². The number of carboxylic acids is 1. The van der Waals surface area contributed by atoms with Crippen LogP contribution in [0.1, 0.15) is 16.8 Å². The standard InChI is InChI=1S/C12H13NO2/c14-12(15)8-2-1-3-11(5-8)13-6-9-4-10(9)7-13/h1-3,5,9-10H,4,6-7H2,(H,14,15). The molecule has 1 saturated carbocycles. The monoisotopic (exact) mass is 203 g/mol. The Morgan fingerprint density at radius 1 is 1.33 bits per heavy atom. The number of rotatable bonds is 2. The van der Waals surface area contributed by atoms with Gasteiger partial charge in [0.1, 0.15) is 0 Å². The summed E-state index contributed by atoms with van der Waals surface area (Å²) in [4.78, 5) is 13.1. The van der Waals surface area contributed by atoms with Gasteiger partial charge in [0.2, 0.25) is 0 Å². The molecule has 1 aromatic rings. The minimum atomic E-state index is -0.846. The highest BCUT2D eigenvalue weighted by atomic mass is 16.4. The van der Waals surface area contributed by atoms with Crippen molar-refractivity contribution >= 4 is 11.7 Å². The molecular formula is C12H13NO2. The van der Waals surface area contributed by atoms with Gasteiger partial charge in [0.05, 0.1) is 5.56 Å². The number of hydrogen-bond acceptors (Lipinski definition) is 2. The van der Waals surface area contributed by atoms with Crippen molar-refractivity contribution in [2.75, 3.05) is 18.0 Å². The number of carboxylic acid groups (broad SMARTS) is 1. The Bertz CT molecular complexity index is 406. The quantitative estimate of drug-likeness (QED) is 0.797. The third-order valence-corrected chi connectivity index (χ3v) is 3.44. The van der Waals surface area contributed by atoms with Crippen LogP contribution in [0.25, 0.3) is 0 Å². The Labute approximate surface area is 88.3 Å². The van der Waals surface area contributed by atoms with Gasteiger partial charge in [-0.25, -0.2) is 4.79 Å². The van der Waals surface area contributed by atoms with Crippen LogP contribution < -0.4 is 4.90 Å². The van der Waals surface area contributed by atoms with Crippen LogP contribution in [-0.4, -0.2) is 24.2 Å². The van der Waals surface area contributed by atoms with Crippen LogP contribution in [0.2, 0.25) is 0 Å². The number of piperidine rings is 1. The van der Waals surface area contributed by atoms with Crippen molar-refractivity contribution < 1.29 is 9.90 Å². The molecule has 1 aliphatic heterocycles. The second kappa shape index (κ2) is 2.99. The van der Waals surface area contributed by atoms with Gasteiger partial charge in [-0.2, -0.15) is 0 Å². The largest absolute Gasteiger partial charge is 0.478 e. The number of aromatic carboxylic acids is 1. The normalized spacial score (nSPS) is 27.6. The lowest BCUT2D eigenvalue weighted by Crippen LogP contribution is -2.21. The van der Waals surface area contributed by atoms with Crippen LogP contribution >= 0.6 is 0 Å². The van der Waals surface area contributed by atoms with Gasteiger partial charge in [-0.3, -0.25) is 0 Å². The molecule has 2 unspecified atom stereocenters. The first-order valence-electron chi connectivity index (χ1n) is 5.32. The molecule has 1 aliphatic carbocycles. The van der Waals surface area contributed by atoms with Crippen molar-refractivity contribution in [3.05, 3.63) is 29.8 Å². The van der Waals surface area contributed by atoms with E-state index in [0.29, 0.717) is 5.56 Å². The van der Waals surface area contributed by atoms with Crippen molar-refractivity contribution in [1.82, 2.24) is 0 Å². The van der Waals surface area contributed by atoms with Gasteiger partial charge in [-0.05, 0) is 36.5 Å². The number of carbonyl (C=O) groups is 1.